The summed E-state index contributed by atoms with van der Waals surface area (Å²) in [5.41, 5.74) is 6.57. The van der Waals surface area contributed by atoms with Crippen molar-refractivity contribution in [3.05, 3.63) is 72.1 Å². The predicted molar refractivity (Wildman–Crippen MR) is 122 cm³/mol. The van der Waals surface area contributed by atoms with Gasteiger partial charge in [0.2, 0.25) is 11.8 Å². The molecule has 1 aliphatic rings. The number of benzene rings is 2. The lowest BCUT2D eigenvalue weighted by molar-refractivity contribution is -0.122. The van der Waals surface area contributed by atoms with Gasteiger partial charge in [0.25, 0.3) is 5.91 Å². The molecule has 1 fully saturated rings. The summed E-state index contributed by atoms with van der Waals surface area (Å²) < 4.78 is 7.22. The van der Waals surface area contributed by atoms with E-state index in [-0.39, 0.29) is 24.4 Å². The Morgan fingerprint density at radius 1 is 0.970 bits per heavy atom. The molecule has 9 nitrogen and oxygen atoms in total. The van der Waals surface area contributed by atoms with Gasteiger partial charge in [0.1, 0.15) is 18.0 Å². The number of ether oxygens (including phenoxy) is 1. The zero-order chi connectivity index (χ0) is 23.2. The molecule has 4 rings (SSSR count). The van der Waals surface area contributed by atoms with Gasteiger partial charge in [-0.2, -0.15) is 5.10 Å². The molecule has 1 saturated carbocycles. The first-order chi connectivity index (χ1) is 16.0. The van der Waals surface area contributed by atoms with Crippen molar-refractivity contribution in [2.75, 3.05) is 5.32 Å². The lowest BCUT2D eigenvalue weighted by Gasteiger charge is -2.11. The van der Waals surface area contributed by atoms with E-state index in [9.17, 15) is 14.4 Å². The van der Waals surface area contributed by atoms with Gasteiger partial charge in [-0.25, -0.2) is 0 Å². The second-order valence-corrected chi connectivity index (χ2v) is 7.94. The normalized spacial score (nSPS) is 13.5. The average Bonchev–Trinajstić information content (AvgIpc) is 3.46. The summed E-state index contributed by atoms with van der Waals surface area (Å²) in [6.45, 7) is 0.110. The van der Waals surface area contributed by atoms with Crippen LogP contribution < -0.4 is 21.1 Å². The largest absolute Gasteiger partial charge is 0.457 e. The Labute approximate surface area is 190 Å². The number of carbonyl (C=O) groups excluding carboxylic acids is 3. The maximum Gasteiger partial charge on any atom is 0.255 e. The van der Waals surface area contributed by atoms with E-state index < -0.39 is 5.91 Å². The first-order valence-electron chi connectivity index (χ1n) is 10.8. The molecule has 0 bridgehead atoms. The maximum atomic E-state index is 12.5. The van der Waals surface area contributed by atoms with E-state index in [1.54, 1.807) is 54.7 Å². The molecule has 0 atom stereocenters. The van der Waals surface area contributed by atoms with Crippen LogP contribution in [0.5, 0.6) is 11.5 Å². The van der Waals surface area contributed by atoms with Crippen molar-refractivity contribution in [2.45, 2.75) is 38.3 Å². The van der Waals surface area contributed by atoms with E-state index in [1.807, 2.05) is 0 Å². The molecule has 0 aliphatic heterocycles. The zero-order valence-corrected chi connectivity index (χ0v) is 18.0. The van der Waals surface area contributed by atoms with E-state index in [0.717, 1.165) is 25.7 Å². The highest BCUT2D eigenvalue weighted by molar-refractivity contribution is 6.04. The molecule has 0 unspecified atom stereocenters. The Hall–Kier alpha value is -4.14. The van der Waals surface area contributed by atoms with Crippen LogP contribution in [0.1, 0.15) is 46.4 Å². The molecule has 4 N–H and O–H groups in total. The zero-order valence-electron chi connectivity index (χ0n) is 18.0. The summed E-state index contributed by atoms with van der Waals surface area (Å²) >= 11 is 0. The van der Waals surface area contributed by atoms with E-state index in [1.165, 1.54) is 10.9 Å². The van der Waals surface area contributed by atoms with Gasteiger partial charge in [0, 0.05) is 23.4 Å². The number of aromatic nitrogens is 2. The van der Waals surface area contributed by atoms with Crippen LogP contribution in [0, 0.1) is 0 Å². The van der Waals surface area contributed by atoms with Crippen LogP contribution in [0.4, 0.5) is 5.69 Å². The molecule has 2 aromatic carbocycles. The summed E-state index contributed by atoms with van der Waals surface area (Å²) in [6, 6.07) is 13.3. The standard InChI is InChI=1S/C24H25N5O4/c25-23(31)16-5-9-20(10-6-16)33-21-11-7-17(8-12-21)24(32)28-19-13-26-29(14-19)15-22(30)27-18-3-1-2-4-18/h5-14,18H,1-4,15H2,(H2,25,31)(H,27,30)(H,28,32). The van der Waals surface area contributed by atoms with Crippen molar-refractivity contribution in [3.8, 4) is 11.5 Å². The predicted octanol–water partition coefficient (Wildman–Crippen LogP) is 3.09. The summed E-state index contributed by atoms with van der Waals surface area (Å²) in [6.07, 6.45) is 7.49. The van der Waals surface area contributed by atoms with Crippen LogP contribution in [0.25, 0.3) is 0 Å². The molecule has 9 heteroatoms. The molecule has 1 aromatic heterocycles. The van der Waals surface area contributed by atoms with E-state index in [2.05, 4.69) is 15.7 Å². The first-order valence-corrected chi connectivity index (χ1v) is 10.8. The second kappa shape index (κ2) is 9.99. The van der Waals surface area contributed by atoms with Crippen LogP contribution in [0.2, 0.25) is 0 Å². The molecular formula is C24H25N5O4. The topological polar surface area (TPSA) is 128 Å². The van der Waals surface area contributed by atoms with Crippen molar-refractivity contribution >= 4 is 23.4 Å². The first kappa shape index (κ1) is 22.1. The minimum Gasteiger partial charge on any atom is -0.457 e. The number of hydrogen-bond donors (Lipinski definition) is 3. The second-order valence-electron chi connectivity index (χ2n) is 7.94. The summed E-state index contributed by atoms with van der Waals surface area (Å²) in [4.78, 5) is 35.8. The van der Waals surface area contributed by atoms with E-state index in [4.69, 9.17) is 10.5 Å². The molecule has 3 amide bonds. The molecule has 170 valence electrons. The van der Waals surface area contributed by atoms with Crippen molar-refractivity contribution in [1.82, 2.24) is 15.1 Å². The fraction of sp³-hybridized carbons (Fsp3) is 0.250. The summed E-state index contributed by atoms with van der Waals surface area (Å²) in [7, 11) is 0. The highest BCUT2D eigenvalue weighted by atomic mass is 16.5. The van der Waals surface area contributed by atoms with Gasteiger partial charge in [0.05, 0.1) is 11.9 Å². The smallest absolute Gasteiger partial charge is 0.255 e. The number of nitrogens with zero attached hydrogens (tertiary/aromatic N) is 2. The van der Waals surface area contributed by atoms with Crippen LogP contribution in [-0.2, 0) is 11.3 Å². The van der Waals surface area contributed by atoms with Crippen molar-refractivity contribution < 1.29 is 19.1 Å². The van der Waals surface area contributed by atoms with Gasteiger partial charge in [-0.3, -0.25) is 19.1 Å². The molecule has 0 radical (unpaired) electrons. The molecule has 33 heavy (non-hydrogen) atoms. The van der Waals surface area contributed by atoms with Gasteiger partial charge >= 0.3 is 0 Å². The van der Waals surface area contributed by atoms with Crippen molar-refractivity contribution in [2.24, 2.45) is 5.73 Å². The maximum absolute atomic E-state index is 12.5. The number of anilines is 1. The highest BCUT2D eigenvalue weighted by Gasteiger charge is 2.17. The van der Waals surface area contributed by atoms with Gasteiger partial charge in [0.15, 0.2) is 0 Å². The summed E-state index contributed by atoms with van der Waals surface area (Å²) in [5, 5.41) is 9.93. The van der Waals surface area contributed by atoms with Crippen LogP contribution in [0.15, 0.2) is 60.9 Å². The van der Waals surface area contributed by atoms with Gasteiger partial charge < -0.3 is 21.1 Å². The number of hydrogen-bond acceptors (Lipinski definition) is 5. The molecule has 0 saturated heterocycles. The van der Waals surface area contributed by atoms with Gasteiger partial charge in [-0.15, -0.1) is 0 Å². The quantitative estimate of drug-likeness (QED) is 0.489. The van der Waals surface area contributed by atoms with E-state index >= 15 is 0 Å². The number of carbonyl (C=O) groups is 3. The lowest BCUT2D eigenvalue weighted by Crippen LogP contribution is -2.35. The fourth-order valence-corrected chi connectivity index (χ4v) is 3.71. The lowest BCUT2D eigenvalue weighted by atomic mass is 10.2. The van der Waals surface area contributed by atoms with Crippen molar-refractivity contribution in [1.29, 1.82) is 0 Å². The molecular weight excluding hydrogens is 422 g/mol. The minimum atomic E-state index is -0.505. The Bertz CT molecular complexity index is 1130. The Kier molecular flexibility index (Phi) is 6.68. The van der Waals surface area contributed by atoms with E-state index in [0.29, 0.717) is 28.3 Å². The number of nitrogens with two attached hydrogens (primary N) is 1. The third-order valence-electron chi connectivity index (χ3n) is 5.41. The average molecular weight is 447 g/mol. The SMILES string of the molecule is NC(=O)c1ccc(Oc2ccc(C(=O)Nc3cnn(CC(=O)NC4CCCC4)c3)cc2)cc1. The molecule has 0 spiro atoms. The van der Waals surface area contributed by atoms with Crippen LogP contribution >= 0.6 is 0 Å². The van der Waals surface area contributed by atoms with Crippen molar-refractivity contribution in [3.63, 3.8) is 0 Å². The molecule has 3 aromatic rings. The van der Waals surface area contributed by atoms with Crippen LogP contribution in [0.3, 0.4) is 0 Å². The highest BCUT2D eigenvalue weighted by Crippen LogP contribution is 2.22. The molecule has 1 heterocycles. The third kappa shape index (κ3) is 5.97. The molecule has 1 aliphatic carbocycles. The van der Waals surface area contributed by atoms with Gasteiger partial charge in [-0.1, -0.05) is 12.8 Å². The Morgan fingerprint density at radius 2 is 1.58 bits per heavy atom. The number of nitrogens with one attached hydrogen (secondary N) is 2. The minimum absolute atomic E-state index is 0.0808. The van der Waals surface area contributed by atoms with Gasteiger partial charge in [-0.05, 0) is 61.4 Å². The third-order valence-corrected chi connectivity index (χ3v) is 5.41. The Morgan fingerprint density at radius 3 is 2.18 bits per heavy atom. The fourth-order valence-electron chi connectivity index (χ4n) is 3.71. The Balaban J connectivity index is 1.29. The number of amides is 3. The number of primary amides is 1. The summed E-state index contributed by atoms with van der Waals surface area (Å²) in [5.74, 6) is 0.195. The monoisotopic (exact) mass is 447 g/mol. The number of rotatable bonds is 8. The van der Waals surface area contributed by atoms with Crippen LogP contribution in [-0.4, -0.2) is 33.5 Å².